The lowest BCUT2D eigenvalue weighted by atomic mass is 10.2. The molecule has 4 heteroatoms. The van der Waals surface area contributed by atoms with Crippen LogP contribution in [0.2, 0.25) is 0 Å². The van der Waals surface area contributed by atoms with Gasteiger partial charge in [-0.3, -0.25) is 4.79 Å². The van der Waals surface area contributed by atoms with Gasteiger partial charge in [0, 0.05) is 19.3 Å². The fraction of sp³-hybridized carbons (Fsp3) is 0.176. The number of carbonyl (C=O) groups excluding carboxylic acids is 1. The van der Waals surface area contributed by atoms with E-state index in [9.17, 15) is 4.79 Å². The Morgan fingerprint density at radius 1 is 1.19 bits per heavy atom. The monoisotopic (exact) mass is 281 g/mol. The number of nitrogens with zero attached hydrogens (tertiary/aromatic N) is 3. The molecule has 0 spiro atoms. The molecule has 1 aromatic heterocycles. The highest BCUT2D eigenvalue weighted by Gasteiger charge is 2.12. The topological polar surface area (TPSA) is 38.1 Å². The van der Waals surface area contributed by atoms with Gasteiger partial charge in [0.25, 0.3) is 0 Å². The lowest BCUT2D eigenvalue weighted by Gasteiger charge is -2.18. The number of aromatic nitrogens is 2. The first kappa shape index (κ1) is 14.8. The zero-order valence-electron chi connectivity index (χ0n) is 12.0. The van der Waals surface area contributed by atoms with E-state index in [-0.39, 0.29) is 5.91 Å². The largest absolute Gasteiger partial charge is 0.335 e. The Bertz CT molecular complexity index is 606. The van der Waals surface area contributed by atoms with Crippen molar-refractivity contribution in [1.82, 2.24) is 14.7 Å². The molecule has 0 bridgehead atoms. The molecule has 0 N–H and O–H groups in total. The Morgan fingerprint density at radius 3 is 2.48 bits per heavy atom. The Balaban J connectivity index is 2.06. The molecule has 1 heterocycles. The Kier molecular flexibility index (Phi) is 5.10. The first-order chi connectivity index (χ1) is 10.2. The molecule has 0 aliphatic rings. The first-order valence-corrected chi connectivity index (χ1v) is 6.83. The number of hydrogen-bond acceptors (Lipinski definition) is 2. The summed E-state index contributed by atoms with van der Waals surface area (Å²) in [6.07, 6.45) is 7.37. The highest BCUT2D eigenvalue weighted by Crippen LogP contribution is 2.09. The molecule has 0 aliphatic heterocycles. The molecular weight excluding hydrogens is 262 g/mol. The fourth-order valence-electron chi connectivity index (χ4n) is 2.05. The highest BCUT2D eigenvalue weighted by atomic mass is 16.2. The number of amides is 1. The normalized spacial score (nSPS) is 10.1. The van der Waals surface area contributed by atoms with Gasteiger partial charge in [0.2, 0.25) is 5.91 Å². The molecule has 0 radical (unpaired) electrons. The van der Waals surface area contributed by atoms with Gasteiger partial charge in [-0.2, -0.15) is 5.10 Å². The van der Waals surface area contributed by atoms with E-state index in [0.717, 1.165) is 11.3 Å². The first-order valence-electron chi connectivity index (χ1n) is 6.83. The minimum absolute atomic E-state index is 0.0439. The number of benzene rings is 1. The van der Waals surface area contributed by atoms with Crippen molar-refractivity contribution in [3.63, 3.8) is 0 Å². The van der Waals surface area contributed by atoms with Gasteiger partial charge in [-0.05, 0) is 17.7 Å². The minimum atomic E-state index is 0.0439. The summed E-state index contributed by atoms with van der Waals surface area (Å²) in [6.45, 7) is 8.39. The van der Waals surface area contributed by atoms with Crippen LogP contribution in [-0.4, -0.2) is 33.7 Å². The molecule has 4 nitrogen and oxygen atoms in total. The molecule has 2 aromatic rings. The average Bonchev–Trinajstić information content (AvgIpc) is 2.96. The molecule has 21 heavy (non-hydrogen) atoms. The van der Waals surface area contributed by atoms with E-state index < -0.39 is 0 Å². The third-order valence-electron chi connectivity index (χ3n) is 3.06. The molecule has 1 amide bonds. The van der Waals surface area contributed by atoms with E-state index in [1.807, 2.05) is 36.5 Å². The second-order valence-electron chi connectivity index (χ2n) is 4.68. The van der Waals surface area contributed by atoms with Crippen LogP contribution in [0.3, 0.4) is 0 Å². The summed E-state index contributed by atoms with van der Waals surface area (Å²) < 4.78 is 1.77. The standard InChI is InChI=1S/C17H19N3O/c1-3-10-19(11-4-2)17(21)12-15-13-18-20(14-15)16-8-6-5-7-9-16/h3-9,13-14H,1-2,10-12H2. The molecule has 0 saturated carbocycles. The van der Waals surface area contributed by atoms with Crippen LogP contribution >= 0.6 is 0 Å². The quantitative estimate of drug-likeness (QED) is 0.732. The van der Waals surface area contributed by atoms with Gasteiger partial charge in [0.15, 0.2) is 0 Å². The second kappa shape index (κ2) is 7.24. The van der Waals surface area contributed by atoms with E-state index in [4.69, 9.17) is 0 Å². The zero-order valence-corrected chi connectivity index (χ0v) is 12.0. The van der Waals surface area contributed by atoms with Crippen molar-refractivity contribution < 1.29 is 4.79 Å². The van der Waals surface area contributed by atoms with Crippen molar-refractivity contribution in [1.29, 1.82) is 0 Å². The zero-order chi connectivity index (χ0) is 15.1. The van der Waals surface area contributed by atoms with Crippen molar-refractivity contribution in [3.8, 4) is 5.69 Å². The Hall–Kier alpha value is -2.62. The van der Waals surface area contributed by atoms with E-state index >= 15 is 0 Å². The third kappa shape index (κ3) is 3.92. The van der Waals surface area contributed by atoms with Crippen LogP contribution in [0, 0.1) is 0 Å². The SMILES string of the molecule is C=CCN(CC=C)C(=O)Cc1cnn(-c2ccccc2)c1. The summed E-state index contributed by atoms with van der Waals surface area (Å²) in [5.41, 5.74) is 1.87. The van der Waals surface area contributed by atoms with Crippen LogP contribution in [0.15, 0.2) is 68.0 Å². The van der Waals surface area contributed by atoms with Crippen molar-refractivity contribution in [2.75, 3.05) is 13.1 Å². The maximum Gasteiger partial charge on any atom is 0.227 e. The van der Waals surface area contributed by atoms with E-state index in [2.05, 4.69) is 18.3 Å². The fourth-order valence-corrected chi connectivity index (χ4v) is 2.05. The summed E-state index contributed by atoms with van der Waals surface area (Å²) in [4.78, 5) is 13.9. The summed E-state index contributed by atoms with van der Waals surface area (Å²) in [5.74, 6) is 0.0439. The lowest BCUT2D eigenvalue weighted by Crippen LogP contribution is -2.32. The second-order valence-corrected chi connectivity index (χ2v) is 4.68. The molecule has 1 aromatic carbocycles. The van der Waals surface area contributed by atoms with E-state index in [1.165, 1.54) is 0 Å². The minimum Gasteiger partial charge on any atom is -0.335 e. The molecule has 0 saturated heterocycles. The predicted molar refractivity (Wildman–Crippen MR) is 84.2 cm³/mol. The number of rotatable bonds is 7. The van der Waals surface area contributed by atoms with Crippen LogP contribution in [0.4, 0.5) is 0 Å². The van der Waals surface area contributed by atoms with Gasteiger partial charge in [-0.15, -0.1) is 13.2 Å². The van der Waals surface area contributed by atoms with Crippen molar-refractivity contribution in [2.45, 2.75) is 6.42 Å². The van der Waals surface area contributed by atoms with Crippen molar-refractivity contribution in [2.24, 2.45) is 0 Å². The van der Waals surface area contributed by atoms with E-state index in [0.29, 0.717) is 19.5 Å². The number of para-hydroxylation sites is 1. The van der Waals surface area contributed by atoms with Gasteiger partial charge < -0.3 is 4.90 Å². The summed E-state index contributed by atoms with van der Waals surface area (Å²) in [5, 5.41) is 4.30. The Morgan fingerprint density at radius 2 is 1.86 bits per heavy atom. The smallest absolute Gasteiger partial charge is 0.227 e. The molecule has 2 rings (SSSR count). The van der Waals surface area contributed by atoms with Crippen molar-refractivity contribution in [3.05, 3.63) is 73.6 Å². The summed E-state index contributed by atoms with van der Waals surface area (Å²) in [6, 6.07) is 9.82. The lowest BCUT2D eigenvalue weighted by molar-refractivity contribution is -0.129. The van der Waals surface area contributed by atoms with Crippen LogP contribution in [0.5, 0.6) is 0 Å². The maximum atomic E-state index is 12.2. The number of carbonyl (C=O) groups is 1. The van der Waals surface area contributed by atoms with Gasteiger partial charge in [-0.1, -0.05) is 30.4 Å². The third-order valence-corrected chi connectivity index (χ3v) is 3.06. The summed E-state index contributed by atoms with van der Waals surface area (Å²) >= 11 is 0. The molecule has 0 aliphatic carbocycles. The Labute approximate surface area is 125 Å². The van der Waals surface area contributed by atoms with Crippen LogP contribution in [-0.2, 0) is 11.2 Å². The van der Waals surface area contributed by atoms with Crippen LogP contribution < -0.4 is 0 Å². The van der Waals surface area contributed by atoms with E-state index in [1.54, 1.807) is 27.9 Å². The molecule has 0 atom stereocenters. The molecule has 0 fully saturated rings. The van der Waals surface area contributed by atoms with Crippen LogP contribution in [0.1, 0.15) is 5.56 Å². The van der Waals surface area contributed by atoms with Gasteiger partial charge in [0.1, 0.15) is 0 Å². The predicted octanol–water partition coefficient (Wildman–Crippen LogP) is 2.62. The molecule has 108 valence electrons. The average molecular weight is 281 g/mol. The van der Waals surface area contributed by atoms with Gasteiger partial charge >= 0.3 is 0 Å². The van der Waals surface area contributed by atoms with Crippen LogP contribution in [0.25, 0.3) is 5.69 Å². The molecule has 0 unspecified atom stereocenters. The van der Waals surface area contributed by atoms with Crippen molar-refractivity contribution >= 4 is 5.91 Å². The summed E-state index contributed by atoms with van der Waals surface area (Å²) in [7, 11) is 0. The molecular formula is C17H19N3O. The maximum absolute atomic E-state index is 12.2. The van der Waals surface area contributed by atoms with Gasteiger partial charge in [-0.25, -0.2) is 4.68 Å². The number of hydrogen-bond donors (Lipinski definition) is 0. The highest BCUT2D eigenvalue weighted by molar-refractivity contribution is 5.79. The van der Waals surface area contributed by atoms with Gasteiger partial charge in [0.05, 0.1) is 18.3 Å².